The van der Waals surface area contributed by atoms with Crippen LogP contribution >= 0.6 is 0 Å². The number of nitrogens with zero attached hydrogens (tertiary/aromatic N) is 1. The average Bonchev–Trinajstić information content (AvgIpc) is 2.73. The lowest BCUT2D eigenvalue weighted by atomic mass is 10.1. The van der Waals surface area contributed by atoms with Crippen LogP contribution < -0.4 is 20.7 Å². The lowest BCUT2D eigenvalue weighted by molar-refractivity contribution is 0.162. The topological polar surface area (TPSA) is 74.4 Å². The van der Waals surface area contributed by atoms with E-state index in [0.717, 1.165) is 49.4 Å². The number of hydrogen-bond acceptors (Lipinski definition) is 4. The Balaban J connectivity index is 1.63. The van der Waals surface area contributed by atoms with Crippen LogP contribution in [0.2, 0.25) is 0 Å². The standard InChI is InChI=1S/C24H32N4O/c1-18(2)28(16-4-6-19-5-3-7-20(17-19)24(25)26)21-8-10-22(11-9-21)29-23-12-14-27-15-13-23/h3-11,17-18,23,27H,12-16H2,1-2H3,(H3,25,26). The molecule has 3 rings (SSSR count). The summed E-state index contributed by atoms with van der Waals surface area (Å²) < 4.78 is 6.12. The van der Waals surface area contributed by atoms with Crippen LogP contribution in [0.4, 0.5) is 5.69 Å². The Morgan fingerprint density at radius 1 is 1.21 bits per heavy atom. The van der Waals surface area contributed by atoms with Gasteiger partial charge in [0.2, 0.25) is 0 Å². The first-order valence-electron chi connectivity index (χ1n) is 10.4. The molecule has 0 bridgehead atoms. The smallest absolute Gasteiger partial charge is 0.122 e. The van der Waals surface area contributed by atoms with Crippen molar-refractivity contribution in [3.8, 4) is 5.75 Å². The Morgan fingerprint density at radius 2 is 1.93 bits per heavy atom. The molecule has 1 aliphatic heterocycles. The third kappa shape index (κ3) is 6.09. The van der Waals surface area contributed by atoms with Crippen LogP contribution in [0.5, 0.6) is 5.75 Å². The predicted molar refractivity (Wildman–Crippen MR) is 122 cm³/mol. The average molecular weight is 393 g/mol. The maximum absolute atomic E-state index is 7.58. The molecular weight excluding hydrogens is 360 g/mol. The molecule has 0 aliphatic carbocycles. The number of rotatable bonds is 8. The Hall–Kier alpha value is -2.79. The van der Waals surface area contributed by atoms with E-state index in [4.69, 9.17) is 15.9 Å². The summed E-state index contributed by atoms with van der Waals surface area (Å²) in [5.41, 5.74) is 8.56. The van der Waals surface area contributed by atoms with Crippen molar-refractivity contribution in [2.75, 3.05) is 24.5 Å². The summed E-state index contributed by atoms with van der Waals surface area (Å²) in [7, 11) is 0. The number of anilines is 1. The summed E-state index contributed by atoms with van der Waals surface area (Å²) in [5.74, 6) is 1.04. The third-order valence-corrected chi connectivity index (χ3v) is 5.19. The number of nitrogens with two attached hydrogens (primary N) is 1. The fraction of sp³-hybridized carbons (Fsp3) is 0.375. The minimum absolute atomic E-state index is 0.0934. The van der Waals surface area contributed by atoms with Crippen molar-refractivity contribution < 1.29 is 4.74 Å². The summed E-state index contributed by atoms with van der Waals surface area (Å²) in [6.45, 7) is 7.26. The molecule has 1 saturated heterocycles. The van der Waals surface area contributed by atoms with Gasteiger partial charge < -0.3 is 20.7 Å². The number of piperidine rings is 1. The second kappa shape index (κ2) is 10.1. The molecule has 5 nitrogen and oxygen atoms in total. The molecule has 1 aliphatic rings. The van der Waals surface area contributed by atoms with Crippen LogP contribution in [0.3, 0.4) is 0 Å². The Bertz CT molecular complexity index is 823. The van der Waals surface area contributed by atoms with Gasteiger partial charge in [0.1, 0.15) is 17.7 Å². The van der Waals surface area contributed by atoms with Crippen LogP contribution in [-0.2, 0) is 0 Å². The molecule has 2 aromatic carbocycles. The first-order valence-corrected chi connectivity index (χ1v) is 10.4. The monoisotopic (exact) mass is 392 g/mol. The largest absolute Gasteiger partial charge is 0.490 e. The number of ether oxygens (including phenoxy) is 1. The summed E-state index contributed by atoms with van der Waals surface area (Å²) in [6.07, 6.45) is 6.68. The summed E-state index contributed by atoms with van der Waals surface area (Å²) in [4.78, 5) is 2.35. The second-order valence-electron chi connectivity index (χ2n) is 7.75. The van der Waals surface area contributed by atoms with Crippen molar-refractivity contribution in [1.82, 2.24) is 5.32 Å². The van der Waals surface area contributed by atoms with E-state index in [1.54, 1.807) is 0 Å². The van der Waals surface area contributed by atoms with Crippen molar-refractivity contribution in [2.45, 2.75) is 38.8 Å². The molecule has 0 spiro atoms. The molecule has 0 saturated carbocycles. The fourth-order valence-electron chi connectivity index (χ4n) is 3.55. The highest BCUT2D eigenvalue weighted by Crippen LogP contribution is 2.23. The van der Waals surface area contributed by atoms with Gasteiger partial charge in [-0.3, -0.25) is 5.41 Å². The molecule has 5 heteroatoms. The highest BCUT2D eigenvalue weighted by Gasteiger charge is 2.15. The van der Waals surface area contributed by atoms with Crippen LogP contribution in [-0.4, -0.2) is 37.6 Å². The molecule has 0 amide bonds. The summed E-state index contributed by atoms with van der Waals surface area (Å²) in [5, 5.41) is 10.9. The van der Waals surface area contributed by atoms with Gasteiger partial charge in [0.25, 0.3) is 0 Å². The maximum atomic E-state index is 7.58. The van der Waals surface area contributed by atoms with Gasteiger partial charge in [-0.25, -0.2) is 0 Å². The SMILES string of the molecule is CC(C)N(CC=Cc1cccc(C(=N)N)c1)c1ccc(OC2CCNCC2)cc1. The molecular formula is C24H32N4O. The molecule has 2 aromatic rings. The Morgan fingerprint density at radius 3 is 2.59 bits per heavy atom. The van der Waals surface area contributed by atoms with Gasteiger partial charge in [-0.2, -0.15) is 0 Å². The molecule has 154 valence electrons. The van der Waals surface area contributed by atoms with Crippen LogP contribution in [0.1, 0.15) is 37.8 Å². The zero-order valence-corrected chi connectivity index (χ0v) is 17.4. The number of hydrogen-bond donors (Lipinski definition) is 3. The van der Waals surface area contributed by atoms with Crippen LogP contribution in [0.25, 0.3) is 6.08 Å². The van der Waals surface area contributed by atoms with E-state index in [-0.39, 0.29) is 5.84 Å². The lowest BCUT2D eigenvalue weighted by Gasteiger charge is -2.28. The van der Waals surface area contributed by atoms with Crippen molar-refractivity contribution in [3.63, 3.8) is 0 Å². The minimum atomic E-state index is 0.0934. The van der Waals surface area contributed by atoms with Gasteiger partial charge >= 0.3 is 0 Å². The van der Waals surface area contributed by atoms with E-state index in [9.17, 15) is 0 Å². The summed E-state index contributed by atoms with van der Waals surface area (Å²) in [6, 6.07) is 16.5. The van der Waals surface area contributed by atoms with E-state index in [1.807, 2.05) is 24.3 Å². The highest BCUT2D eigenvalue weighted by molar-refractivity contribution is 5.95. The quantitative estimate of drug-likeness (QED) is 0.468. The zero-order chi connectivity index (χ0) is 20.6. The minimum Gasteiger partial charge on any atom is -0.490 e. The molecule has 0 aromatic heterocycles. The number of nitrogen functional groups attached to an aromatic ring is 1. The molecule has 1 fully saturated rings. The van der Waals surface area contributed by atoms with Crippen molar-refractivity contribution in [2.24, 2.45) is 5.73 Å². The zero-order valence-electron chi connectivity index (χ0n) is 17.4. The third-order valence-electron chi connectivity index (χ3n) is 5.19. The van der Waals surface area contributed by atoms with E-state index in [1.165, 1.54) is 5.69 Å². The van der Waals surface area contributed by atoms with Gasteiger partial charge in [0.15, 0.2) is 0 Å². The van der Waals surface area contributed by atoms with Gasteiger partial charge in [-0.1, -0.05) is 30.4 Å². The Kier molecular flexibility index (Phi) is 7.30. The molecule has 4 N–H and O–H groups in total. The summed E-state index contributed by atoms with van der Waals surface area (Å²) >= 11 is 0. The molecule has 0 radical (unpaired) electrons. The van der Waals surface area contributed by atoms with Gasteiger partial charge in [0.05, 0.1) is 0 Å². The Labute approximate surface area is 174 Å². The van der Waals surface area contributed by atoms with Crippen molar-refractivity contribution in [1.29, 1.82) is 5.41 Å². The van der Waals surface area contributed by atoms with Crippen LogP contribution in [0, 0.1) is 5.41 Å². The predicted octanol–water partition coefficient (Wildman–Crippen LogP) is 4.03. The van der Waals surface area contributed by atoms with E-state index in [0.29, 0.717) is 12.1 Å². The lowest BCUT2D eigenvalue weighted by Crippen LogP contribution is -2.34. The number of benzene rings is 2. The number of nitrogens with one attached hydrogen (secondary N) is 2. The maximum Gasteiger partial charge on any atom is 0.122 e. The molecule has 0 unspecified atom stereocenters. The number of amidine groups is 1. The van der Waals surface area contributed by atoms with Gasteiger partial charge in [-0.15, -0.1) is 0 Å². The van der Waals surface area contributed by atoms with Crippen molar-refractivity contribution in [3.05, 3.63) is 65.7 Å². The van der Waals surface area contributed by atoms with Gasteiger partial charge in [0, 0.05) is 23.8 Å². The first kappa shape index (κ1) is 20.9. The van der Waals surface area contributed by atoms with E-state index >= 15 is 0 Å². The fourth-order valence-corrected chi connectivity index (χ4v) is 3.55. The normalized spacial score (nSPS) is 15.0. The first-order chi connectivity index (χ1) is 14.0. The van der Waals surface area contributed by atoms with Gasteiger partial charge in [-0.05, 0) is 75.7 Å². The van der Waals surface area contributed by atoms with Crippen molar-refractivity contribution >= 4 is 17.6 Å². The molecule has 1 heterocycles. The highest BCUT2D eigenvalue weighted by atomic mass is 16.5. The van der Waals surface area contributed by atoms with E-state index < -0.39 is 0 Å². The second-order valence-corrected chi connectivity index (χ2v) is 7.75. The van der Waals surface area contributed by atoms with E-state index in [2.05, 4.69) is 60.5 Å². The molecule has 0 atom stereocenters. The van der Waals surface area contributed by atoms with Crippen LogP contribution in [0.15, 0.2) is 54.6 Å². The molecule has 29 heavy (non-hydrogen) atoms.